The maximum Gasteiger partial charge on any atom is 0.266 e. The number of anilines is 2. The largest absolute Gasteiger partial charge is 0.497 e. The molecule has 5 nitrogen and oxygen atoms in total. The zero-order valence-corrected chi connectivity index (χ0v) is 19.2. The molecule has 3 aromatic carbocycles. The van der Waals surface area contributed by atoms with Crippen molar-refractivity contribution in [1.29, 1.82) is 0 Å². The second-order valence-corrected chi connectivity index (χ2v) is 10.7. The summed E-state index contributed by atoms with van der Waals surface area (Å²) in [7, 11) is -2.17. The Balaban J connectivity index is 1.76. The van der Waals surface area contributed by atoms with Gasteiger partial charge in [0.25, 0.3) is 10.0 Å². The molecule has 2 aliphatic heterocycles. The van der Waals surface area contributed by atoms with E-state index in [-0.39, 0.29) is 4.90 Å². The first-order chi connectivity index (χ1) is 14.3. The maximum absolute atomic E-state index is 13.8. The lowest BCUT2D eigenvalue weighted by Gasteiger charge is -2.30. The molecule has 2 aliphatic rings. The minimum Gasteiger partial charge on any atom is -0.497 e. The Morgan fingerprint density at radius 3 is 2.47 bits per heavy atom. The van der Waals surface area contributed by atoms with Gasteiger partial charge >= 0.3 is 0 Å². The molecule has 2 heterocycles. The monoisotopic (exact) mass is 484 g/mol. The summed E-state index contributed by atoms with van der Waals surface area (Å²) in [5, 5.41) is 3.48. The van der Waals surface area contributed by atoms with Crippen LogP contribution in [0.25, 0.3) is 0 Å². The summed E-state index contributed by atoms with van der Waals surface area (Å²) in [5.74, 6) is 0.703. The topological polar surface area (TPSA) is 58.6 Å². The van der Waals surface area contributed by atoms with Crippen LogP contribution < -0.4 is 14.4 Å². The lowest BCUT2D eigenvalue weighted by Crippen LogP contribution is -2.47. The Bertz CT molecular complexity index is 1270. The molecular weight excluding hydrogens is 464 g/mol. The van der Waals surface area contributed by atoms with Crippen LogP contribution in [0.5, 0.6) is 5.75 Å². The highest BCUT2D eigenvalue weighted by Crippen LogP contribution is 2.57. The number of halogens is 1. The normalized spacial score (nSPS) is 21.6. The van der Waals surface area contributed by atoms with E-state index in [1.165, 1.54) is 4.31 Å². The number of benzene rings is 3. The minimum absolute atomic E-state index is 0.276. The summed E-state index contributed by atoms with van der Waals surface area (Å²) < 4.78 is 35.6. The van der Waals surface area contributed by atoms with E-state index in [1.54, 1.807) is 19.2 Å². The number of rotatable bonds is 3. The molecule has 5 rings (SSSR count). The highest BCUT2D eigenvalue weighted by molar-refractivity contribution is 9.10. The summed E-state index contributed by atoms with van der Waals surface area (Å²) in [6.07, 6.45) is -0.477. The zero-order chi connectivity index (χ0) is 21.3. The second kappa shape index (κ2) is 6.49. The van der Waals surface area contributed by atoms with Gasteiger partial charge in [-0.3, -0.25) is 0 Å². The summed E-state index contributed by atoms with van der Waals surface area (Å²) >= 11 is 3.52. The van der Waals surface area contributed by atoms with E-state index >= 15 is 0 Å². The van der Waals surface area contributed by atoms with Crippen LogP contribution in [0.1, 0.15) is 23.6 Å². The maximum atomic E-state index is 13.8. The molecule has 3 aromatic rings. The van der Waals surface area contributed by atoms with Crippen molar-refractivity contribution in [2.75, 3.05) is 16.7 Å². The molecule has 0 saturated heterocycles. The van der Waals surface area contributed by atoms with Crippen molar-refractivity contribution in [3.8, 4) is 5.75 Å². The average molecular weight is 485 g/mol. The van der Waals surface area contributed by atoms with Gasteiger partial charge in [-0.15, -0.1) is 0 Å². The van der Waals surface area contributed by atoms with Crippen molar-refractivity contribution in [1.82, 2.24) is 0 Å². The predicted octanol–water partition coefficient (Wildman–Crippen LogP) is 5.03. The first kappa shape index (κ1) is 19.5. The fraction of sp³-hybridized carbons (Fsp3) is 0.217. The SMILES string of the molecule is COc1ccc2c(c1)[C@]1(C)c3ccc(Br)cc3N[C@@H]1N2S(=O)(=O)c1ccc(C)cc1. The molecule has 0 spiro atoms. The van der Waals surface area contributed by atoms with Gasteiger partial charge in [-0.05, 0) is 67.4 Å². The lowest BCUT2D eigenvalue weighted by atomic mass is 9.77. The van der Waals surface area contributed by atoms with Crippen LogP contribution in [-0.2, 0) is 15.4 Å². The van der Waals surface area contributed by atoms with E-state index in [0.29, 0.717) is 11.4 Å². The van der Waals surface area contributed by atoms with Crippen molar-refractivity contribution >= 4 is 37.3 Å². The third-order valence-corrected chi connectivity index (χ3v) is 8.48. The van der Waals surface area contributed by atoms with Crippen LogP contribution in [0.2, 0.25) is 0 Å². The van der Waals surface area contributed by atoms with Gasteiger partial charge in [0.2, 0.25) is 0 Å². The van der Waals surface area contributed by atoms with Crippen LogP contribution in [-0.4, -0.2) is 21.7 Å². The van der Waals surface area contributed by atoms with Crippen LogP contribution in [0.15, 0.2) is 70.0 Å². The fourth-order valence-corrected chi connectivity index (χ4v) is 6.62. The third-order valence-electron chi connectivity index (χ3n) is 6.19. The van der Waals surface area contributed by atoms with Crippen molar-refractivity contribution in [3.05, 3.63) is 81.8 Å². The van der Waals surface area contributed by atoms with Crippen LogP contribution in [0.4, 0.5) is 11.4 Å². The Labute approximate surface area is 184 Å². The number of sulfonamides is 1. The van der Waals surface area contributed by atoms with E-state index in [0.717, 1.165) is 26.9 Å². The number of hydrogen-bond donors (Lipinski definition) is 1. The van der Waals surface area contributed by atoms with Gasteiger partial charge in [-0.25, -0.2) is 12.7 Å². The summed E-state index contributed by atoms with van der Waals surface area (Å²) in [6, 6.07) is 18.6. The Morgan fingerprint density at radius 1 is 1.03 bits per heavy atom. The summed E-state index contributed by atoms with van der Waals surface area (Å²) in [4.78, 5) is 0.276. The van der Waals surface area contributed by atoms with Gasteiger partial charge in [0.1, 0.15) is 11.9 Å². The second-order valence-electron chi connectivity index (χ2n) is 7.94. The molecule has 0 aromatic heterocycles. The molecule has 0 bridgehead atoms. The number of aryl methyl sites for hydroxylation is 1. The van der Waals surface area contributed by atoms with E-state index in [2.05, 4.69) is 34.2 Å². The molecule has 1 N–H and O–H groups in total. The highest BCUT2D eigenvalue weighted by atomic mass is 79.9. The van der Waals surface area contributed by atoms with Gasteiger partial charge < -0.3 is 10.1 Å². The Kier molecular flexibility index (Phi) is 4.21. The quantitative estimate of drug-likeness (QED) is 0.566. The van der Waals surface area contributed by atoms with Crippen LogP contribution in [0.3, 0.4) is 0 Å². The predicted molar refractivity (Wildman–Crippen MR) is 122 cm³/mol. The molecule has 0 fully saturated rings. The highest BCUT2D eigenvalue weighted by Gasteiger charge is 2.57. The number of hydrogen-bond acceptors (Lipinski definition) is 4. The first-order valence-electron chi connectivity index (χ1n) is 9.63. The minimum atomic E-state index is -3.79. The van der Waals surface area contributed by atoms with Gasteiger partial charge in [-0.1, -0.05) is 39.7 Å². The molecule has 0 amide bonds. The molecule has 0 aliphatic carbocycles. The molecule has 2 atom stereocenters. The number of ether oxygens (including phenoxy) is 1. The van der Waals surface area contributed by atoms with E-state index in [9.17, 15) is 8.42 Å². The smallest absolute Gasteiger partial charge is 0.266 e. The molecule has 30 heavy (non-hydrogen) atoms. The number of nitrogens with zero attached hydrogens (tertiary/aromatic N) is 1. The first-order valence-corrected chi connectivity index (χ1v) is 11.9. The molecular formula is C23H21BrN2O3S. The summed E-state index contributed by atoms with van der Waals surface area (Å²) in [6.45, 7) is 4.03. The number of methoxy groups -OCH3 is 1. The average Bonchev–Trinajstić information content (AvgIpc) is 3.14. The van der Waals surface area contributed by atoms with Crippen molar-refractivity contribution in [3.63, 3.8) is 0 Å². The van der Waals surface area contributed by atoms with Gasteiger partial charge in [-0.2, -0.15) is 0 Å². The van der Waals surface area contributed by atoms with Gasteiger partial charge in [0, 0.05) is 10.2 Å². The van der Waals surface area contributed by atoms with Gasteiger partial charge in [0.05, 0.1) is 23.1 Å². The van der Waals surface area contributed by atoms with Crippen LogP contribution >= 0.6 is 15.9 Å². The Hall–Kier alpha value is -2.51. The van der Waals surface area contributed by atoms with Gasteiger partial charge in [0.15, 0.2) is 0 Å². The molecule has 0 radical (unpaired) electrons. The van der Waals surface area contributed by atoms with E-state index in [1.807, 2.05) is 49.4 Å². The molecule has 0 saturated carbocycles. The molecule has 0 unspecified atom stereocenters. The fourth-order valence-electron chi connectivity index (χ4n) is 4.59. The van der Waals surface area contributed by atoms with Crippen LogP contribution in [0, 0.1) is 6.92 Å². The van der Waals surface area contributed by atoms with E-state index < -0.39 is 21.6 Å². The van der Waals surface area contributed by atoms with E-state index in [4.69, 9.17) is 4.74 Å². The molecule has 7 heteroatoms. The summed E-state index contributed by atoms with van der Waals surface area (Å²) in [5.41, 5.74) is 4.04. The lowest BCUT2D eigenvalue weighted by molar-refractivity contribution is 0.413. The number of nitrogens with one attached hydrogen (secondary N) is 1. The van der Waals surface area contributed by atoms with Crippen molar-refractivity contribution in [2.24, 2.45) is 0 Å². The van der Waals surface area contributed by atoms with Crippen molar-refractivity contribution in [2.45, 2.75) is 30.3 Å². The standard InChI is InChI=1S/C23H21BrN2O3S/c1-14-4-8-17(9-5-14)30(27,28)26-21-11-7-16(29-3)13-19(21)23(2)18-10-6-15(24)12-20(18)25-22(23)26/h4-13,22,25H,1-3H3/t22-,23+/m1/s1. The Morgan fingerprint density at radius 2 is 1.77 bits per heavy atom. The zero-order valence-electron chi connectivity index (χ0n) is 16.8. The van der Waals surface area contributed by atoms with Crippen molar-refractivity contribution < 1.29 is 13.2 Å². The number of fused-ring (bicyclic) bond motifs is 5. The third kappa shape index (κ3) is 2.55. The molecule has 154 valence electrons.